The summed E-state index contributed by atoms with van der Waals surface area (Å²) >= 11 is 0. The Morgan fingerprint density at radius 1 is 1.16 bits per heavy atom. The van der Waals surface area contributed by atoms with Crippen molar-refractivity contribution >= 4 is 22.7 Å². The number of hydrogen-bond acceptors (Lipinski definition) is 5. The summed E-state index contributed by atoms with van der Waals surface area (Å²) in [4.78, 5) is 16.7. The maximum Gasteiger partial charge on any atom is 0.410 e. The number of carbonyl (C=O) groups is 1. The maximum atomic E-state index is 12.5. The topological polar surface area (TPSA) is 70.8 Å². The molecule has 7 heteroatoms. The monoisotopic (exact) mass is 426 g/mol. The molecule has 31 heavy (non-hydrogen) atoms. The predicted octanol–water partition coefficient (Wildman–Crippen LogP) is 3.91. The van der Waals surface area contributed by atoms with Crippen molar-refractivity contribution in [3.8, 4) is 0 Å². The Bertz CT molecular complexity index is 961. The number of amides is 1. The Morgan fingerprint density at radius 3 is 2.48 bits per heavy atom. The largest absolute Gasteiger partial charge is 0.444 e. The van der Waals surface area contributed by atoms with Gasteiger partial charge in [0.15, 0.2) is 0 Å². The summed E-state index contributed by atoms with van der Waals surface area (Å²) in [7, 11) is 0. The van der Waals surface area contributed by atoms with Crippen LogP contribution in [-0.4, -0.2) is 64.3 Å². The zero-order valence-corrected chi connectivity index (χ0v) is 18.9. The van der Waals surface area contributed by atoms with Crippen LogP contribution >= 0.6 is 0 Å². The number of carbonyl (C=O) groups excluding carboxylic acids is 1. The number of aliphatic hydroxyl groups is 1. The molecule has 3 aliphatic rings. The Morgan fingerprint density at radius 2 is 1.87 bits per heavy atom. The fraction of sp³-hybridized carbons (Fsp3) is 0.667. The molecular formula is C24H34N4O3. The predicted molar refractivity (Wildman–Crippen MR) is 121 cm³/mol. The van der Waals surface area contributed by atoms with Crippen molar-refractivity contribution in [1.82, 2.24) is 14.7 Å². The third-order valence-corrected chi connectivity index (χ3v) is 6.79. The van der Waals surface area contributed by atoms with E-state index in [9.17, 15) is 9.90 Å². The van der Waals surface area contributed by atoms with E-state index in [0.717, 1.165) is 25.9 Å². The van der Waals surface area contributed by atoms with E-state index in [-0.39, 0.29) is 12.7 Å². The number of para-hydroxylation sites is 1. The van der Waals surface area contributed by atoms with Gasteiger partial charge in [-0.25, -0.2) is 4.79 Å². The number of aromatic nitrogens is 2. The Kier molecular flexibility index (Phi) is 5.12. The molecule has 1 saturated heterocycles. The average Bonchev–Trinajstić information content (AvgIpc) is 3.47. The minimum Gasteiger partial charge on any atom is -0.444 e. The molecule has 2 heterocycles. The van der Waals surface area contributed by atoms with Gasteiger partial charge in [-0.05, 0) is 58.4 Å². The molecule has 0 spiro atoms. The standard InChI is InChI=1S/C24H34N4O3/c1-24(2,3)31-23(30)27-11-9-26(10-12-27)20-6-4-5-19-21(17-7-8-17)25-28(22(19)20)18-13-16(14-18)15-29/h4-6,16-18,29H,7-15H2,1-3H3/t16-,18-. The summed E-state index contributed by atoms with van der Waals surface area (Å²) in [6, 6.07) is 6.93. The quantitative estimate of drug-likeness (QED) is 0.803. The molecule has 0 bridgehead atoms. The first-order valence-corrected chi connectivity index (χ1v) is 11.7. The van der Waals surface area contributed by atoms with Gasteiger partial charge in [0, 0.05) is 44.1 Å². The minimum atomic E-state index is -0.472. The molecule has 168 valence electrons. The summed E-state index contributed by atoms with van der Waals surface area (Å²) < 4.78 is 7.81. The van der Waals surface area contributed by atoms with E-state index in [2.05, 4.69) is 27.8 Å². The van der Waals surface area contributed by atoms with Crippen LogP contribution in [0.3, 0.4) is 0 Å². The molecular weight excluding hydrogens is 392 g/mol. The van der Waals surface area contributed by atoms with Gasteiger partial charge in [-0.15, -0.1) is 0 Å². The van der Waals surface area contributed by atoms with Crippen LogP contribution in [0.5, 0.6) is 0 Å². The van der Waals surface area contributed by atoms with Crippen molar-refractivity contribution < 1.29 is 14.6 Å². The molecule has 7 nitrogen and oxygen atoms in total. The van der Waals surface area contributed by atoms with Gasteiger partial charge in [0.1, 0.15) is 5.60 Å². The first-order valence-electron chi connectivity index (χ1n) is 11.7. The highest BCUT2D eigenvalue weighted by molar-refractivity contribution is 5.94. The van der Waals surface area contributed by atoms with Crippen LogP contribution in [0.2, 0.25) is 0 Å². The highest BCUT2D eigenvalue weighted by atomic mass is 16.6. The summed E-state index contributed by atoms with van der Waals surface area (Å²) in [6.07, 6.45) is 4.23. The van der Waals surface area contributed by atoms with Crippen LogP contribution in [0, 0.1) is 5.92 Å². The Balaban J connectivity index is 1.40. The minimum absolute atomic E-state index is 0.226. The lowest BCUT2D eigenvalue weighted by Gasteiger charge is -2.38. The number of benzene rings is 1. The number of aliphatic hydroxyl groups excluding tert-OH is 1. The second-order valence-corrected chi connectivity index (χ2v) is 10.4. The molecule has 3 fully saturated rings. The number of anilines is 1. The molecule has 5 rings (SSSR count). The molecule has 2 saturated carbocycles. The molecule has 1 aromatic carbocycles. The van der Waals surface area contributed by atoms with Gasteiger partial charge < -0.3 is 19.6 Å². The zero-order valence-electron chi connectivity index (χ0n) is 18.9. The van der Waals surface area contributed by atoms with Gasteiger partial charge in [0.05, 0.1) is 22.9 Å². The third-order valence-electron chi connectivity index (χ3n) is 6.79. The summed E-state index contributed by atoms with van der Waals surface area (Å²) in [5, 5.41) is 15.9. The maximum absolute atomic E-state index is 12.5. The lowest BCUT2D eigenvalue weighted by atomic mass is 9.81. The first-order chi connectivity index (χ1) is 14.8. The van der Waals surface area contributed by atoms with Gasteiger partial charge in [0.25, 0.3) is 0 Å². The molecule has 1 aromatic heterocycles. The molecule has 1 N–H and O–H groups in total. The van der Waals surface area contributed by atoms with Crippen molar-refractivity contribution in [3.05, 3.63) is 23.9 Å². The summed E-state index contributed by atoms with van der Waals surface area (Å²) in [6.45, 7) is 8.87. The van der Waals surface area contributed by atoms with Gasteiger partial charge in [-0.1, -0.05) is 12.1 Å². The zero-order chi connectivity index (χ0) is 21.8. The summed E-state index contributed by atoms with van der Waals surface area (Å²) in [5.74, 6) is 0.995. The van der Waals surface area contributed by atoms with Crippen LogP contribution in [-0.2, 0) is 4.74 Å². The van der Waals surface area contributed by atoms with Crippen LogP contribution in [0.4, 0.5) is 10.5 Å². The van der Waals surface area contributed by atoms with E-state index in [1.54, 1.807) is 0 Å². The molecule has 0 unspecified atom stereocenters. The van der Waals surface area contributed by atoms with Crippen molar-refractivity contribution in [2.45, 2.75) is 64.0 Å². The second kappa shape index (κ2) is 7.69. The van der Waals surface area contributed by atoms with E-state index in [0.29, 0.717) is 31.0 Å². The first kappa shape index (κ1) is 20.6. The molecule has 1 amide bonds. The fourth-order valence-electron chi connectivity index (χ4n) is 4.88. The summed E-state index contributed by atoms with van der Waals surface area (Å²) in [5.41, 5.74) is 3.22. The van der Waals surface area contributed by atoms with Crippen molar-refractivity contribution in [2.24, 2.45) is 5.92 Å². The number of nitrogens with zero attached hydrogens (tertiary/aromatic N) is 4. The van der Waals surface area contributed by atoms with Gasteiger partial charge in [0.2, 0.25) is 0 Å². The van der Waals surface area contributed by atoms with E-state index in [4.69, 9.17) is 9.84 Å². The van der Waals surface area contributed by atoms with Crippen LogP contribution in [0.1, 0.15) is 64.1 Å². The van der Waals surface area contributed by atoms with Crippen molar-refractivity contribution in [1.29, 1.82) is 0 Å². The Labute approximate surface area is 183 Å². The van der Waals surface area contributed by atoms with Crippen LogP contribution in [0.15, 0.2) is 18.2 Å². The molecule has 2 aromatic rings. The third kappa shape index (κ3) is 4.00. The normalized spacial score (nSPS) is 24.4. The van der Waals surface area contributed by atoms with Crippen molar-refractivity contribution in [2.75, 3.05) is 37.7 Å². The van der Waals surface area contributed by atoms with Crippen LogP contribution < -0.4 is 4.90 Å². The SMILES string of the molecule is CC(C)(C)OC(=O)N1CCN(c2cccc3c(C4CC4)nn([C@H]4C[C@H](CO)C4)c23)CC1. The number of rotatable bonds is 4. The van der Waals surface area contributed by atoms with E-state index in [1.807, 2.05) is 25.7 Å². The molecule has 1 aliphatic heterocycles. The van der Waals surface area contributed by atoms with Gasteiger partial charge in [-0.3, -0.25) is 4.68 Å². The second-order valence-electron chi connectivity index (χ2n) is 10.4. The molecule has 2 aliphatic carbocycles. The fourth-order valence-corrected chi connectivity index (χ4v) is 4.88. The van der Waals surface area contributed by atoms with Crippen LogP contribution in [0.25, 0.3) is 10.9 Å². The number of hydrogen-bond donors (Lipinski definition) is 1. The number of fused-ring (bicyclic) bond motifs is 1. The highest BCUT2D eigenvalue weighted by Gasteiger charge is 2.36. The van der Waals surface area contributed by atoms with E-state index >= 15 is 0 Å². The average molecular weight is 427 g/mol. The molecule has 0 atom stereocenters. The van der Waals surface area contributed by atoms with E-state index in [1.165, 1.54) is 35.1 Å². The number of ether oxygens (including phenoxy) is 1. The highest BCUT2D eigenvalue weighted by Crippen LogP contribution is 2.47. The number of piperazine rings is 1. The van der Waals surface area contributed by atoms with E-state index < -0.39 is 5.60 Å². The lowest BCUT2D eigenvalue weighted by molar-refractivity contribution is 0.0240. The smallest absolute Gasteiger partial charge is 0.410 e. The van der Waals surface area contributed by atoms with Gasteiger partial charge in [-0.2, -0.15) is 5.10 Å². The van der Waals surface area contributed by atoms with Gasteiger partial charge >= 0.3 is 6.09 Å². The molecule has 0 radical (unpaired) electrons. The Hall–Kier alpha value is -2.28. The van der Waals surface area contributed by atoms with Crippen molar-refractivity contribution in [3.63, 3.8) is 0 Å². The lowest BCUT2D eigenvalue weighted by Crippen LogP contribution is -2.50.